The van der Waals surface area contributed by atoms with Crippen LogP contribution >= 0.6 is 0 Å². The van der Waals surface area contributed by atoms with Gasteiger partial charge in [0.25, 0.3) is 0 Å². The Bertz CT molecular complexity index is 970. The van der Waals surface area contributed by atoms with Gasteiger partial charge in [-0.05, 0) is 23.6 Å². The number of hydrogen-bond acceptors (Lipinski definition) is 1. The van der Waals surface area contributed by atoms with Gasteiger partial charge < -0.3 is 0 Å². The van der Waals surface area contributed by atoms with Crippen molar-refractivity contribution in [1.29, 1.82) is 0 Å². The van der Waals surface area contributed by atoms with Gasteiger partial charge in [-0.25, -0.2) is 0 Å². The lowest BCUT2D eigenvalue weighted by Gasteiger charge is -2.17. The van der Waals surface area contributed by atoms with E-state index in [4.69, 9.17) is 0 Å². The number of nitrogens with zero attached hydrogens (tertiary/aromatic N) is 1. The predicted octanol–water partition coefficient (Wildman–Crippen LogP) is 6.58. The zero-order valence-corrected chi connectivity index (χ0v) is 15.0. The highest BCUT2D eigenvalue weighted by molar-refractivity contribution is 6.03. The van der Waals surface area contributed by atoms with Crippen LogP contribution in [0.5, 0.6) is 0 Å². The second-order valence-electron chi connectivity index (χ2n) is 6.41. The lowest BCUT2D eigenvalue weighted by atomic mass is 9.90. The highest BCUT2D eigenvalue weighted by atomic mass is 19.4. The lowest BCUT2D eigenvalue weighted by Crippen LogP contribution is -2.29. The number of allylic oxidation sites excluding steroid dienone is 1. The first kappa shape index (κ1) is 19.0. The van der Waals surface area contributed by atoms with Crippen molar-refractivity contribution < 1.29 is 18.0 Å². The topological polar surface area (TPSA) is 22.0 Å². The molecule has 0 saturated carbocycles. The molecule has 1 aromatic heterocycles. The van der Waals surface area contributed by atoms with E-state index >= 15 is 0 Å². The Labute approximate surface area is 155 Å². The Morgan fingerprint density at radius 1 is 1.11 bits per heavy atom. The van der Waals surface area contributed by atoms with Crippen LogP contribution in [-0.2, 0) is 0 Å². The Morgan fingerprint density at radius 3 is 2.33 bits per heavy atom. The summed E-state index contributed by atoms with van der Waals surface area (Å²) in [6.45, 7) is 5.90. The van der Waals surface area contributed by atoms with Gasteiger partial charge in [0.15, 0.2) is 0 Å². The van der Waals surface area contributed by atoms with Crippen LogP contribution in [0.2, 0.25) is 0 Å². The summed E-state index contributed by atoms with van der Waals surface area (Å²) in [5.74, 6) is -2.04. The molecule has 0 saturated heterocycles. The first-order valence-corrected chi connectivity index (χ1v) is 8.83. The molecule has 1 heterocycles. The second kappa shape index (κ2) is 7.43. The SMILES string of the molecule is C=CC(CCC)c1c(-c2ccccc2)n(C(=O)C(F)(F)F)c2ccccc12. The first-order chi connectivity index (χ1) is 12.9. The number of rotatable bonds is 5. The highest BCUT2D eigenvalue weighted by Crippen LogP contribution is 2.41. The molecule has 140 valence electrons. The molecular formula is C22H20F3NO. The van der Waals surface area contributed by atoms with E-state index < -0.39 is 12.1 Å². The smallest absolute Gasteiger partial charge is 0.272 e. The van der Waals surface area contributed by atoms with Gasteiger partial charge in [0.05, 0.1) is 11.2 Å². The summed E-state index contributed by atoms with van der Waals surface area (Å²) in [6, 6.07) is 15.5. The maximum absolute atomic E-state index is 13.4. The molecule has 3 rings (SSSR count). The van der Waals surface area contributed by atoms with Gasteiger partial charge in [0, 0.05) is 11.3 Å². The van der Waals surface area contributed by atoms with Gasteiger partial charge in [-0.2, -0.15) is 13.2 Å². The number of hydrogen-bond donors (Lipinski definition) is 0. The molecule has 0 spiro atoms. The summed E-state index contributed by atoms with van der Waals surface area (Å²) in [4.78, 5) is 12.4. The highest BCUT2D eigenvalue weighted by Gasteiger charge is 2.42. The molecule has 0 fully saturated rings. The Hall–Kier alpha value is -2.82. The third-order valence-corrected chi connectivity index (χ3v) is 4.66. The normalized spacial score (nSPS) is 12.9. The molecule has 5 heteroatoms. The molecule has 1 unspecified atom stereocenters. The lowest BCUT2D eigenvalue weighted by molar-refractivity contribution is -0.0941. The van der Waals surface area contributed by atoms with Crippen molar-refractivity contribution in [2.45, 2.75) is 31.9 Å². The number of halogens is 3. The number of aromatic nitrogens is 1. The van der Waals surface area contributed by atoms with E-state index in [1.807, 2.05) is 6.92 Å². The minimum Gasteiger partial charge on any atom is -0.272 e. The summed E-state index contributed by atoms with van der Waals surface area (Å²) < 4.78 is 41.0. The average Bonchev–Trinajstić information content (AvgIpc) is 3.00. The van der Waals surface area contributed by atoms with E-state index in [9.17, 15) is 18.0 Å². The molecule has 3 aromatic rings. The van der Waals surface area contributed by atoms with Crippen LogP contribution in [-0.4, -0.2) is 16.7 Å². The Morgan fingerprint density at radius 2 is 1.74 bits per heavy atom. The van der Waals surface area contributed by atoms with Crippen LogP contribution in [0.3, 0.4) is 0 Å². The maximum Gasteiger partial charge on any atom is 0.472 e. The van der Waals surface area contributed by atoms with E-state index in [2.05, 4.69) is 6.58 Å². The molecule has 1 atom stereocenters. The van der Waals surface area contributed by atoms with Gasteiger partial charge in [0.1, 0.15) is 0 Å². The summed E-state index contributed by atoms with van der Waals surface area (Å²) in [5.41, 5.74) is 1.84. The van der Waals surface area contributed by atoms with Crippen molar-refractivity contribution in [2.75, 3.05) is 0 Å². The van der Waals surface area contributed by atoms with Crippen LogP contribution < -0.4 is 0 Å². The molecule has 2 nitrogen and oxygen atoms in total. The van der Waals surface area contributed by atoms with Crippen LogP contribution in [0.15, 0.2) is 67.3 Å². The fourth-order valence-electron chi connectivity index (χ4n) is 3.55. The number of fused-ring (bicyclic) bond motifs is 1. The summed E-state index contributed by atoms with van der Waals surface area (Å²) in [7, 11) is 0. The van der Waals surface area contributed by atoms with Crippen LogP contribution in [0.4, 0.5) is 13.2 Å². The van der Waals surface area contributed by atoms with Crippen LogP contribution in [0, 0.1) is 0 Å². The van der Waals surface area contributed by atoms with E-state index in [1.165, 1.54) is 0 Å². The first-order valence-electron chi connectivity index (χ1n) is 8.83. The number of benzene rings is 2. The van der Waals surface area contributed by atoms with Crippen LogP contribution in [0.1, 0.15) is 36.0 Å². The second-order valence-corrected chi connectivity index (χ2v) is 6.41. The van der Waals surface area contributed by atoms with E-state index in [-0.39, 0.29) is 17.1 Å². The molecule has 0 aliphatic heterocycles. The third-order valence-electron chi connectivity index (χ3n) is 4.66. The molecule has 0 amide bonds. The summed E-state index contributed by atoms with van der Waals surface area (Å²) in [5, 5.41) is 0.646. The average molecular weight is 371 g/mol. The fourth-order valence-corrected chi connectivity index (χ4v) is 3.55. The van der Waals surface area contributed by atoms with E-state index in [1.54, 1.807) is 60.7 Å². The van der Waals surface area contributed by atoms with Crippen molar-refractivity contribution in [1.82, 2.24) is 4.57 Å². The van der Waals surface area contributed by atoms with Gasteiger partial charge >= 0.3 is 12.1 Å². The van der Waals surface area contributed by atoms with Crippen molar-refractivity contribution in [2.24, 2.45) is 0 Å². The number of alkyl halides is 3. The molecule has 0 aliphatic rings. The zero-order chi connectivity index (χ0) is 19.6. The molecule has 0 radical (unpaired) electrons. The van der Waals surface area contributed by atoms with Gasteiger partial charge in [-0.3, -0.25) is 9.36 Å². The van der Waals surface area contributed by atoms with E-state index in [0.717, 1.165) is 17.4 Å². The van der Waals surface area contributed by atoms with Gasteiger partial charge in [-0.1, -0.05) is 68.0 Å². The summed E-state index contributed by atoms with van der Waals surface area (Å²) in [6.07, 6.45) is -1.65. The predicted molar refractivity (Wildman–Crippen MR) is 102 cm³/mol. The molecule has 0 aliphatic carbocycles. The van der Waals surface area contributed by atoms with Gasteiger partial charge in [0.2, 0.25) is 0 Å². The Balaban J connectivity index is 2.46. The van der Waals surface area contributed by atoms with Crippen molar-refractivity contribution in [3.63, 3.8) is 0 Å². The molecule has 2 aromatic carbocycles. The molecule has 27 heavy (non-hydrogen) atoms. The van der Waals surface area contributed by atoms with Crippen molar-refractivity contribution in [3.05, 3.63) is 72.8 Å². The Kier molecular flexibility index (Phi) is 5.22. The largest absolute Gasteiger partial charge is 0.472 e. The fraction of sp³-hybridized carbons (Fsp3) is 0.227. The molecular weight excluding hydrogens is 351 g/mol. The maximum atomic E-state index is 13.4. The van der Waals surface area contributed by atoms with E-state index in [0.29, 0.717) is 16.5 Å². The van der Waals surface area contributed by atoms with Crippen LogP contribution in [0.25, 0.3) is 22.2 Å². The minimum absolute atomic E-state index is 0.155. The number of carbonyl (C=O) groups is 1. The monoisotopic (exact) mass is 371 g/mol. The quantitative estimate of drug-likeness (QED) is 0.464. The van der Waals surface area contributed by atoms with Crippen molar-refractivity contribution in [3.8, 4) is 11.3 Å². The molecule has 0 N–H and O–H groups in total. The zero-order valence-electron chi connectivity index (χ0n) is 15.0. The minimum atomic E-state index is -4.98. The molecule has 0 bridgehead atoms. The third kappa shape index (κ3) is 3.42. The van der Waals surface area contributed by atoms with Crippen molar-refractivity contribution >= 4 is 16.8 Å². The number of carbonyl (C=O) groups excluding carboxylic acids is 1. The standard InChI is InChI=1S/C22H20F3NO/c1-3-10-15(4-2)19-17-13-8-9-14-18(17)26(21(27)22(23,24)25)20(19)16-11-6-5-7-12-16/h4-9,11-15H,2-3,10H2,1H3. The summed E-state index contributed by atoms with van der Waals surface area (Å²) >= 11 is 0. The van der Waals surface area contributed by atoms with Gasteiger partial charge in [-0.15, -0.1) is 6.58 Å². The number of para-hydroxylation sites is 1.